The summed E-state index contributed by atoms with van der Waals surface area (Å²) in [6.07, 6.45) is 2.75. The fourth-order valence-electron chi connectivity index (χ4n) is 2.79. The average molecular weight is 312 g/mol. The molecular weight excluding hydrogens is 293 g/mol. The largest absolute Gasteiger partial charge is 0.346 e. The zero-order chi connectivity index (χ0) is 16.0. The topological polar surface area (TPSA) is 32.3 Å². The number of hydrogen-bond donors (Lipinski definition) is 1. The molecule has 1 amide bonds. The highest BCUT2D eigenvalue weighted by molar-refractivity contribution is 5.87. The number of halogens is 3. The van der Waals surface area contributed by atoms with Crippen LogP contribution in [0.25, 0.3) is 0 Å². The minimum absolute atomic E-state index is 0.388. The van der Waals surface area contributed by atoms with E-state index in [0.717, 1.165) is 51.4 Å². The zero-order valence-corrected chi connectivity index (χ0v) is 12.5. The number of likely N-dealkylation sites (tertiary alicyclic amines) is 1. The Morgan fingerprint density at radius 3 is 2.55 bits per heavy atom. The number of nitrogens with zero attached hydrogens (tertiary/aromatic N) is 1. The molecule has 2 fully saturated rings. The summed E-state index contributed by atoms with van der Waals surface area (Å²) in [5.74, 6) is -2.71. The predicted octanol–water partition coefficient (Wildman–Crippen LogP) is 2.50. The summed E-state index contributed by atoms with van der Waals surface area (Å²) in [6, 6.07) is 2.53. The third kappa shape index (κ3) is 2.84. The van der Waals surface area contributed by atoms with E-state index in [1.54, 1.807) is 0 Å². The van der Waals surface area contributed by atoms with Gasteiger partial charge in [0.25, 0.3) is 5.91 Å². The highest BCUT2D eigenvalue weighted by atomic mass is 19.2. The summed E-state index contributed by atoms with van der Waals surface area (Å²) in [5.41, 5.74) is -3.35. The van der Waals surface area contributed by atoms with Crippen LogP contribution < -0.4 is 5.32 Å². The molecule has 1 N–H and O–H groups in total. The van der Waals surface area contributed by atoms with Crippen LogP contribution in [-0.4, -0.2) is 36.0 Å². The second kappa shape index (κ2) is 5.26. The van der Waals surface area contributed by atoms with Gasteiger partial charge in [0.2, 0.25) is 5.67 Å². The monoisotopic (exact) mass is 312 g/mol. The molecule has 0 aromatic heterocycles. The number of hydrogen-bond acceptors (Lipinski definition) is 2. The summed E-state index contributed by atoms with van der Waals surface area (Å²) >= 11 is 0. The lowest BCUT2D eigenvalue weighted by molar-refractivity contribution is -0.133. The molecule has 3 nitrogen and oxygen atoms in total. The van der Waals surface area contributed by atoms with E-state index in [0.29, 0.717) is 12.6 Å². The predicted molar refractivity (Wildman–Crippen MR) is 76.0 cm³/mol. The van der Waals surface area contributed by atoms with Crippen molar-refractivity contribution in [1.29, 1.82) is 0 Å². The Morgan fingerprint density at radius 2 is 2.05 bits per heavy atom. The Labute approximate surface area is 127 Å². The van der Waals surface area contributed by atoms with Crippen molar-refractivity contribution in [3.8, 4) is 0 Å². The lowest BCUT2D eigenvalue weighted by atomic mass is 9.95. The molecule has 1 saturated carbocycles. The maximum absolute atomic E-state index is 14.8. The summed E-state index contributed by atoms with van der Waals surface area (Å²) in [7, 11) is 0. The van der Waals surface area contributed by atoms with Crippen LogP contribution in [-0.2, 0) is 10.5 Å². The first-order valence-electron chi connectivity index (χ1n) is 7.52. The van der Waals surface area contributed by atoms with Gasteiger partial charge in [-0.15, -0.1) is 0 Å². The molecule has 120 valence electrons. The quantitative estimate of drug-likeness (QED) is 0.906. The van der Waals surface area contributed by atoms with E-state index in [9.17, 15) is 18.0 Å². The summed E-state index contributed by atoms with van der Waals surface area (Å²) < 4.78 is 41.5. The smallest absolute Gasteiger partial charge is 0.262 e. The minimum Gasteiger partial charge on any atom is -0.346 e. The number of amides is 1. The fraction of sp³-hybridized carbons (Fsp3) is 0.562. The molecule has 1 aromatic rings. The van der Waals surface area contributed by atoms with Crippen LogP contribution in [0.1, 0.15) is 31.7 Å². The van der Waals surface area contributed by atoms with Crippen molar-refractivity contribution in [2.45, 2.75) is 37.4 Å². The standard InChI is InChI=1S/C16H19F3N2O/c1-15(19,12-4-3-11(17)9-13(12)18)14(22)20-16(5-6-16)10-21-7-2-8-21/h3-4,9H,2,5-8,10H2,1H3,(H,20,22). The lowest BCUT2D eigenvalue weighted by Crippen LogP contribution is -2.53. The Kier molecular flexibility index (Phi) is 3.67. The van der Waals surface area contributed by atoms with Gasteiger partial charge in [-0.05, 0) is 51.4 Å². The molecule has 1 aromatic carbocycles. The van der Waals surface area contributed by atoms with Crippen molar-refractivity contribution in [1.82, 2.24) is 10.2 Å². The normalized spacial score (nSPS) is 22.5. The summed E-state index contributed by atoms with van der Waals surface area (Å²) in [6.45, 7) is 3.72. The number of carbonyl (C=O) groups excluding carboxylic acids is 1. The van der Waals surface area contributed by atoms with Crippen molar-refractivity contribution in [2.75, 3.05) is 19.6 Å². The molecule has 22 heavy (non-hydrogen) atoms. The SMILES string of the molecule is CC(F)(C(=O)NC1(CN2CCC2)CC1)c1ccc(F)cc1F. The van der Waals surface area contributed by atoms with Crippen LogP contribution >= 0.6 is 0 Å². The molecule has 1 atom stereocenters. The lowest BCUT2D eigenvalue weighted by Gasteiger charge is -2.35. The molecule has 6 heteroatoms. The Balaban J connectivity index is 1.72. The van der Waals surface area contributed by atoms with Crippen LogP contribution in [0.4, 0.5) is 13.2 Å². The number of rotatable bonds is 5. The van der Waals surface area contributed by atoms with E-state index in [-0.39, 0.29) is 5.54 Å². The van der Waals surface area contributed by atoms with E-state index in [1.165, 1.54) is 0 Å². The van der Waals surface area contributed by atoms with E-state index in [4.69, 9.17) is 0 Å². The number of alkyl halides is 1. The number of benzene rings is 1. The highest BCUT2D eigenvalue weighted by Gasteiger charge is 2.49. The highest BCUT2D eigenvalue weighted by Crippen LogP contribution is 2.39. The second-order valence-electron chi connectivity index (χ2n) is 6.49. The molecule has 1 heterocycles. The Hall–Kier alpha value is -1.56. The molecule has 3 rings (SSSR count). The fourth-order valence-corrected chi connectivity index (χ4v) is 2.79. The van der Waals surface area contributed by atoms with Crippen LogP contribution in [0.2, 0.25) is 0 Å². The number of carbonyl (C=O) groups is 1. The van der Waals surface area contributed by atoms with Crippen LogP contribution in [0, 0.1) is 11.6 Å². The van der Waals surface area contributed by atoms with Gasteiger partial charge in [-0.25, -0.2) is 13.2 Å². The van der Waals surface area contributed by atoms with Gasteiger partial charge >= 0.3 is 0 Å². The first kappa shape index (κ1) is 15.3. The maximum Gasteiger partial charge on any atom is 0.262 e. The Morgan fingerprint density at radius 1 is 1.36 bits per heavy atom. The molecule has 0 radical (unpaired) electrons. The summed E-state index contributed by atoms with van der Waals surface area (Å²) in [5, 5.41) is 2.73. The van der Waals surface area contributed by atoms with Gasteiger partial charge < -0.3 is 10.2 Å². The van der Waals surface area contributed by atoms with Crippen LogP contribution in [0.5, 0.6) is 0 Å². The van der Waals surface area contributed by atoms with Crippen molar-refractivity contribution >= 4 is 5.91 Å². The number of nitrogens with one attached hydrogen (secondary N) is 1. The molecule has 1 aliphatic heterocycles. The van der Waals surface area contributed by atoms with Gasteiger partial charge in [-0.3, -0.25) is 4.79 Å². The van der Waals surface area contributed by atoms with Gasteiger partial charge in [0, 0.05) is 18.2 Å². The maximum atomic E-state index is 14.8. The minimum atomic E-state index is -2.53. The van der Waals surface area contributed by atoms with Gasteiger partial charge in [0.15, 0.2) is 0 Å². The van der Waals surface area contributed by atoms with Crippen molar-refractivity contribution in [3.05, 3.63) is 35.4 Å². The van der Waals surface area contributed by atoms with E-state index in [2.05, 4.69) is 10.2 Å². The average Bonchev–Trinajstić information content (AvgIpc) is 3.13. The first-order chi connectivity index (χ1) is 10.3. The van der Waals surface area contributed by atoms with Gasteiger partial charge in [0.1, 0.15) is 11.6 Å². The molecular formula is C16H19F3N2O. The van der Waals surface area contributed by atoms with Crippen molar-refractivity contribution < 1.29 is 18.0 Å². The third-order valence-corrected chi connectivity index (χ3v) is 4.57. The summed E-state index contributed by atoms with van der Waals surface area (Å²) in [4.78, 5) is 14.5. The first-order valence-corrected chi connectivity index (χ1v) is 7.52. The molecule has 0 bridgehead atoms. The second-order valence-corrected chi connectivity index (χ2v) is 6.49. The molecule has 1 saturated heterocycles. The van der Waals surface area contributed by atoms with Crippen molar-refractivity contribution in [2.24, 2.45) is 0 Å². The Bertz CT molecular complexity index is 595. The van der Waals surface area contributed by atoms with E-state index < -0.39 is 28.8 Å². The molecule has 0 spiro atoms. The van der Waals surface area contributed by atoms with Gasteiger partial charge in [0.05, 0.1) is 5.54 Å². The molecule has 1 unspecified atom stereocenters. The molecule has 2 aliphatic rings. The van der Waals surface area contributed by atoms with Gasteiger partial charge in [-0.2, -0.15) is 0 Å². The molecule has 1 aliphatic carbocycles. The van der Waals surface area contributed by atoms with E-state index >= 15 is 0 Å². The van der Waals surface area contributed by atoms with Gasteiger partial charge in [-0.1, -0.05) is 0 Å². The zero-order valence-electron chi connectivity index (χ0n) is 12.5. The van der Waals surface area contributed by atoms with Crippen LogP contribution in [0.15, 0.2) is 18.2 Å². The third-order valence-electron chi connectivity index (χ3n) is 4.57. The van der Waals surface area contributed by atoms with Crippen LogP contribution in [0.3, 0.4) is 0 Å². The van der Waals surface area contributed by atoms with E-state index in [1.807, 2.05) is 0 Å². The van der Waals surface area contributed by atoms with Crippen molar-refractivity contribution in [3.63, 3.8) is 0 Å².